The van der Waals surface area contributed by atoms with Crippen LogP contribution in [0.3, 0.4) is 0 Å². The van der Waals surface area contributed by atoms with Gasteiger partial charge in [0.2, 0.25) is 0 Å². The van der Waals surface area contributed by atoms with Gasteiger partial charge < -0.3 is 63.4 Å². The quantitative estimate of drug-likeness (QED) is 0.184. The molecule has 3 saturated heterocycles. The lowest BCUT2D eigenvalue weighted by molar-refractivity contribution is -0.318. The number of methoxy groups -OCH3 is 2. The molecule has 0 spiro atoms. The Labute approximate surface area is 368 Å². The Morgan fingerprint density at radius 2 is 1.51 bits per heavy atom. The molecule has 4 rings (SSSR count). The van der Waals surface area contributed by atoms with Gasteiger partial charge in [-0.05, 0) is 99.3 Å². The van der Waals surface area contributed by atoms with Crippen molar-refractivity contribution in [2.75, 3.05) is 33.6 Å². The molecule has 0 saturated carbocycles. The predicted octanol–water partition coefficient (Wildman–Crippen LogP) is 4.86. The predicted molar refractivity (Wildman–Crippen MR) is 233 cm³/mol. The van der Waals surface area contributed by atoms with Gasteiger partial charge in [-0.3, -0.25) is 9.59 Å². The summed E-state index contributed by atoms with van der Waals surface area (Å²) in [5.41, 5.74) is -3.58. The number of cyclic esters (lactones) is 1. The molecule has 1 aromatic rings. The van der Waals surface area contributed by atoms with Crippen LogP contribution in [-0.4, -0.2) is 150 Å². The number of benzene rings is 1. The fourth-order valence-corrected chi connectivity index (χ4v) is 9.72. The second-order valence-corrected chi connectivity index (χ2v) is 18.9. The van der Waals surface area contributed by atoms with Gasteiger partial charge in [-0.1, -0.05) is 45.9 Å². The monoisotopic (exact) mass is 882 g/mol. The van der Waals surface area contributed by atoms with Crippen LogP contribution in [-0.2, 0) is 47.5 Å². The van der Waals surface area contributed by atoms with E-state index in [1.54, 1.807) is 41.5 Å². The number of hydrogen-bond acceptors (Lipinski definition) is 15. The van der Waals surface area contributed by atoms with Crippen LogP contribution < -0.4 is 5.32 Å². The van der Waals surface area contributed by atoms with Crippen molar-refractivity contribution in [2.45, 2.75) is 179 Å². The smallest absolute Gasteiger partial charge is 0.311 e. The Bertz CT molecular complexity index is 1600. The number of rotatable bonds is 10. The zero-order valence-electron chi connectivity index (χ0n) is 38.7. The third-order valence-corrected chi connectivity index (χ3v) is 13.7. The van der Waals surface area contributed by atoms with Crippen molar-refractivity contribution in [3.8, 4) is 0 Å². The normalized spacial score (nSPS) is 43.3. The molecule has 15 nitrogen and oxygen atoms in total. The summed E-state index contributed by atoms with van der Waals surface area (Å²) in [7, 11) is 6.94. The van der Waals surface area contributed by atoms with E-state index in [4.69, 9.17) is 50.1 Å². The number of ether oxygens (including phenoxy) is 8. The minimum Gasteiger partial charge on any atom is -0.460 e. The van der Waals surface area contributed by atoms with Crippen molar-refractivity contribution in [3.63, 3.8) is 0 Å². The van der Waals surface area contributed by atoms with Crippen LogP contribution in [0.5, 0.6) is 0 Å². The first-order valence-corrected chi connectivity index (χ1v) is 22.1. The third kappa shape index (κ3) is 11.7. The summed E-state index contributed by atoms with van der Waals surface area (Å²) in [6.45, 7) is 17.2. The Balaban J connectivity index is 1.88. The molecule has 4 N–H and O–H groups in total. The summed E-state index contributed by atoms with van der Waals surface area (Å²) in [5.74, 6) is -4.56. The zero-order chi connectivity index (χ0) is 45.8. The summed E-state index contributed by atoms with van der Waals surface area (Å²) in [4.78, 5) is 30.7. The maximum Gasteiger partial charge on any atom is 0.311 e. The molecule has 1 unspecified atom stereocenters. The van der Waals surface area contributed by atoms with Gasteiger partial charge in [0, 0.05) is 44.1 Å². The zero-order valence-corrected chi connectivity index (χ0v) is 39.5. The van der Waals surface area contributed by atoms with E-state index in [0.717, 1.165) is 5.69 Å². The Morgan fingerprint density at radius 1 is 0.885 bits per heavy atom. The van der Waals surface area contributed by atoms with Crippen LogP contribution in [0, 0.1) is 23.7 Å². The molecule has 16 heteroatoms. The molecule has 3 aliphatic rings. The summed E-state index contributed by atoms with van der Waals surface area (Å²) in [6, 6.07) is 9.19. The lowest BCUT2D eigenvalue weighted by atomic mass is 9.74. The number of nitrogens with zero attached hydrogens (tertiary/aromatic N) is 1. The van der Waals surface area contributed by atoms with Gasteiger partial charge >= 0.3 is 5.97 Å². The number of para-hydroxylation sites is 1. The molecule has 0 bridgehead atoms. The fraction of sp³-hybridized carbons (Fsp3) is 0.800. The summed E-state index contributed by atoms with van der Waals surface area (Å²) >= 11 is 5.75. The SMILES string of the molecule is CC[C@H]1OC(=O)[C@H](C)[C@@H](OC2C[C@@](C)(OC)[C@@H](O)[C@H](C)O2)[C@H](C)[C@@H](O[C@@H]2O[C@H](C)C[C@H](N(C)C)[C@H]2OC(=S)Nc2ccccc2)[C@](C)(OC)C[C@@H](C)C(=O)[C@H](C)[C@@H](O)[C@]1(C)O. The number of thiocarbonyl (C=S) groups is 1. The second kappa shape index (κ2) is 21.1. The number of Topliss-reactive ketones (excluding diaryl/α,β-unsaturated/α-hetero) is 1. The van der Waals surface area contributed by atoms with Crippen LogP contribution in [0.2, 0.25) is 0 Å². The number of likely N-dealkylation sites (N-methyl/N-ethyl adjacent to an activating group) is 1. The van der Waals surface area contributed by atoms with Crippen LogP contribution >= 0.6 is 12.2 Å². The van der Waals surface area contributed by atoms with Crippen molar-refractivity contribution in [3.05, 3.63) is 30.3 Å². The Kier molecular flexibility index (Phi) is 17.7. The highest BCUT2D eigenvalue weighted by Gasteiger charge is 2.54. The van der Waals surface area contributed by atoms with Gasteiger partial charge in [0.1, 0.15) is 23.6 Å². The van der Waals surface area contributed by atoms with Crippen LogP contribution in [0.25, 0.3) is 0 Å². The Morgan fingerprint density at radius 3 is 2.08 bits per heavy atom. The first-order valence-electron chi connectivity index (χ1n) is 21.7. The van der Waals surface area contributed by atoms with E-state index in [1.807, 2.05) is 70.1 Å². The van der Waals surface area contributed by atoms with E-state index < -0.39 is 102 Å². The number of anilines is 1. The molecule has 348 valence electrons. The van der Waals surface area contributed by atoms with Crippen LogP contribution in [0.1, 0.15) is 94.9 Å². The lowest BCUT2D eigenvalue weighted by Gasteiger charge is -2.50. The standard InChI is InChI=1S/C45H74N2O13S/c1-15-32-45(10,52)37(49)26(4)34(48)24(2)22-44(9,54-14)39(27(5)35(28(6)40(51)57-32)58-33-23-43(8,53-13)38(50)29(7)56-33)60-41-36(31(47(11)12)21-25(3)55-41)59-42(61)46-30-19-17-16-18-20-30/h16-20,24-29,31-33,35-39,41,49-50,52H,15,21-23H2,1-14H3,(H,46,61)/t24-,25-,26+,27+,28-,29+,31+,32-,33?,35+,36-,37-,38+,39-,41+,43-,44-,45-/m1/s1. The van der Waals surface area contributed by atoms with Gasteiger partial charge in [-0.25, -0.2) is 0 Å². The molecule has 3 aliphatic heterocycles. The molecule has 1 aromatic carbocycles. The largest absolute Gasteiger partial charge is 0.460 e. The van der Waals surface area contributed by atoms with E-state index >= 15 is 0 Å². The number of ketones is 1. The third-order valence-electron chi connectivity index (χ3n) is 13.5. The maximum atomic E-state index is 14.4. The van der Waals surface area contributed by atoms with Gasteiger partial charge in [0.25, 0.3) is 5.17 Å². The van der Waals surface area contributed by atoms with E-state index in [0.29, 0.717) is 6.42 Å². The van der Waals surface area contributed by atoms with Gasteiger partial charge in [0.05, 0.1) is 53.7 Å². The molecule has 3 fully saturated rings. The van der Waals surface area contributed by atoms with Crippen molar-refractivity contribution >= 4 is 34.8 Å². The lowest BCUT2D eigenvalue weighted by Crippen LogP contribution is -2.62. The van der Waals surface area contributed by atoms with Gasteiger partial charge in [0.15, 0.2) is 18.7 Å². The molecule has 0 aliphatic carbocycles. The Hall–Kier alpha value is -2.35. The van der Waals surface area contributed by atoms with Gasteiger partial charge in [-0.15, -0.1) is 0 Å². The average Bonchev–Trinajstić information content (AvgIpc) is 3.21. The highest BCUT2D eigenvalue weighted by atomic mass is 32.1. The molecule has 0 radical (unpaired) electrons. The minimum atomic E-state index is -1.98. The molecular weight excluding hydrogens is 809 g/mol. The number of esters is 1. The molecule has 0 amide bonds. The first kappa shape index (κ1) is 51.3. The number of aliphatic hydroxyl groups is 3. The fourth-order valence-electron chi connectivity index (χ4n) is 9.49. The van der Waals surface area contributed by atoms with Crippen molar-refractivity contribution in [1.82, 2.24) is 4.90 Å². The molecular formula is C45H74N2O13S. The molecule has 3 heterocycles. The van der Waals surface area contributed by atoms with E-state index in [1.165, 1.54) is 21.1 Å². The molecule has 18 atom stereocenters. The van der Waals surface area contributed by atoms with Crippen molar-refractivity contribution in [2.24, 2.45) is 23.7 Å². The van der Waals surface area contributed by atoms with Crippen molar-refractivity contribution < 1.29 is 62.8 Å². The molecule has 0 aromatic heterocycles. The van der Waals surface area contributed by atoms with Gasteiger partial charge in [-0.2, -0.15) is 0 Å². The topological polar surface area (TPSA) is 184 Å². The van der Waals surface area contributed by atoms with E-state index in [-0.39, 0.29) is 42.4 Å². The minimum absolute atomic E-state index is 0.100. The molecule has 61 heavy (non-hydrogen) atoms. The average molecular weight is 883 g/mol. The number of carbonyl (C=O) groups excluding carboxylic acids is 2. The summed E-state index contributed by atoms with van der Waals surface area (Å²) < 4.78 is 51.7. The number of carbonyl (C=O) groups is 2. The summed E-state index contributed by atoms with van der Waals surface area (Å²) in [6.07, 6.45) is -8.56. The van der Waals surface area contributed by atoms with E-state index in [2.05, 4.69) is 5.32 Å². The van der Waals surface area contributed by atoms with Crippen molar-refractivity contribution in [1.29, 1.82) is 0 Å². The van der Waals surface area contributed by atoms with Crippen LogP contribution in [0.15, 0.2) is 30.3 Å². The summed E-state index contributed by atoms with van der Waals surface area (Å²) in [5, 5.41) is 37.7. The highest BCUT2D eigenvalue weighted by Crippen LogP contribution is 2.42. The second-order valence-electron chi connectivity index (χ2n) is 18.5. The number of aliphatic hydroxyl groups excluding tert-OH is 2. The first-order chi connectivity index (χ1) is 28.4. The number of nitrogens with one attached hydrogen (secondary N) is 1. The highest BCUT2D eigenvalue weighted by molar-refractivity contribution is 7.80. The number of hydrogen-bond donors (Lipinski definition) is 4. The maximum absolute atomic E-state index is 14.4. The van der Waals surface area contributed by atoms with Crippen LogP contribution in [0.4, 0.5) is 5.69 Å². The van der Waals surface area contributed by atoms with E-state index in [9.17, 15) is 24.9 Å².